The van der Waals surface area contributed by atoms with E-state index < -0.39 is 12.1 Å². The van der Waals surface area contributed by atoms with E-state index in [0.29, 0.717) is 25.9 Å². The molecule has 0 saturated carbocycles. The van der Waals surface area contributed by atoms with Gasteiger partial charge in [0, 0.05) is 12.8 Å². The van der Waals surface area contributed by atoms with E-state index in [9.17, 15) is 19.8 Å². The summed E-state index contributed by atoms with van der Waals surface area (Å²) in [5, 5.41) is 23.0. The van der Waals surface area contributed by atoms with Gasteiger partial charge >= 0.3 is 5.97 Å². The van der Waals surface area contributed by atoms with Crippen molar-refractivity contribution in [3.05, 3.63) is 0 Å². The standard InChI is InChI=1S/C51H101NO5/c1-3-5-7-9-11-13-14-15-16-17-18-19-22-25-29-33-37-41-45-51(56)57-46-42-38-34-30-26-23-20-21-24-28-32-36-40-44-50(55)52-48(47-53)49(54)43-39-35-31-27-12-10-8-6-4-2/h48-49,53-54H,3-47H2,1-2H3,(H,52,55). The molecular weight excluding hydrogens is 707 g/mol. The Kier molecular flexibility index (Phi) is 46.6. The van der Waals surface area contributed by atoms with Gasteiger partial charge < -0.3 is 20.3 Å². The first-order chi connectivity index (χ1) is 28.0. The SMILES string of the molecule is CCCCCCCCCCCCCCCCCCCCC(=O)OCCCCCCCCCCCCCCCC(=O)NC(CO)C(O)CCCCCCCCCCC. The molecule has 0 fully saturated rings. The van der Waals surface area contributed by atoms with E-state index in [-0.39, 0.29) is 18.5 Å². The van der Waals surface area contributed by atoms with Gasteiger partial charge in [0.05, 0.1) is 25.4 Å². The minimum atomic E-state index is -0.669. The van der Waals surface area contributed by atoms with Crippen molar-refractivity contribution in [2.75, 3.05) is 13.2 Å². The molecule has 2 unspecified atom stereocenters. The fraction of sp³-hybridized carbons (Fsp3) is 0.961. The third-order valence-electron chi connectivity index (χ3n) is 12.2. The number of carbonyl (C=O) groups is 2. The fourth-order valence-corrected chi connectivity index (χ4v) is 8.17. The number of aliphatic hydroxyl groups is 2. The van der Waals surface area contributed by atoms with Crippen molar-refractivity contribution in [1.29, 1.82) is 0 Å². The first-order valence-corrected chi connectivity index (χ1v) is 25.8. The van der Waals surface area contributed by atoms with E-state index in [0.717, 1.165) is 51.4 Å². The molecule has 0 aliphatic rings. The van der Waals surface area contributed by atoms with Gasteiger partial charge in [0.25, 0.3) is 0 Å². The van der Waals surface area contributed by atoms with Crippen LogP contribution in [0.5, 0.6) is 0 Å². The average molecular weight is 808 g/mol. The van der Waals surface area contributed by atoms with Crippen molar-refractivity contribution >= 4 is 11.9 Å². The third kappa shape index (κ3) is 44.2. The van der Waals surface area contributed by atoms with Crippen LogP contribution in [0, 0.1) is 0 Å². The summed E-state index contributed by atoms with van der Waals surface area (Å²) in [4.78, 5) is 24.4. The molecule has 2 atom stereocenters. The Morgan fingerprint density at radius 2 is 0.719 bits per heavy atom. The minimum absolute atomic E-state index is 0.000981. The zero-order chi connectivity index (χ0) is 41.5. The Morgan fingerprint density at radius 3 is 1.07 bits per heavy atom. The Labute approximate surface area is 356 Å². The van der Waals surface area contributed by atoms with Crippen LogP contribution in [-0.2, 0) is 14.3 Å². The maximum atomic E-state index is 12.4. The zero-order valence-electron chi connectivity index (χ0n) is 38.6. The second-order valence-corrected chi connectivity index (χ2v) is 17.9. The lowest BCUT2D eigenvalue weighted by atomic mass is 10.0. The van der Waals surface area contributed by atoms with Crippen LogP contribution in [0.3, 0.4) is 0 Å². The Bertz CT molecular complexity index is 806. The Balaban J connectivity index is 3.38. The van der Waals surface area contributed by atoms with Crippen LogP contribution < -0.4 is 5.32 Å². The summed E-state index contributed by atoms with van der Waals surface area (Å²) in [7, 11) is 0. The molecule has 0 aliphatic heterocycles. The molecule has 0 heterocycles. The minimum Gasteiger partial charge on any atom is -0.466 e. The first-order valence-electron chi connectivity index (χ1n) is 25.8. The first kappa shape index (κ1) is 55.9. The van der Waals surface area contributed by atoms with Crippen molar-refractivity contribution in [2.24, 2.45) is 0 Å². The van der Waals surface area contributed by atoms with Crippen LogP contribution in [-0.4, -0.2) is 47.4 Å². The normalized spacial score (nSPS) is 12.6. The number of nitrogens with one attached hydrogen (secondary N) is 1. The highest BCUT2D eigenvalue weighted by Gasteiger charge is 2.20. The van der Waals surface area contributed by atoms with E-state index in [4.69, 9.17) is 4.74 Å². The number of ether oxygens (including phenoxy) is 1. The summed E-state index contributed by atoms with van der Waals surface area (Å²) in [6.07, 6.45) is 52.2. The molecule has 0 aromatic carbocycles. The number of esters is 1. The van der Waals surface area contributed by atoms with Gasteiger partial charge in [-0.05, 0) is 25.7 Å². The van der Waals surface area contributed by atoms with Gasteiger partial charge in [-0.3, -0.25) is 9.59 Å². The van der Waals surface area contributed by atoms with Gasteiger partial charge in [0.2, 0.25) is 5.91 Å². The van der Waals surface area contributed by atoms with Gasteiger partial charge in [-0.2, -0.15) is 0 Å². The molecule has 0 aliphatic carbocycles. The van der Waals surface area contributed by atoms with E-state index >= 15 is 0 Å². The van der Waals surface area contributed by atoms with Crippen molar-refractivity contribution in [3.63, 3.8) is 0 Å². The molecule has 340 valence electrons. The predicted molar refractivity (Wildman–Crippen MR) is 246 cm³/mol. The van der Waals surface area contributed by atoms with Gasteiger partial charge in [-0.1, -0.05) is 251 Å². The summed E-state index contributed by atoms with van der Waals surface area (Å²) < 4.78 is 5.48. The number of amides is 1. The Hall–Kier alpha value is -1.14. The lowest BCUT2D eigenvalue weighted by molar-refractivity contribution is -0.143. The van der Waals surface area contributed by atoms with Gasteiger partial charge in [-0.15, -0.1) is 0 Å². The Morgan fingerprint density at radius 1 is 0.421 bits per heavy atom. The highest BCUT2D eigenvalue weighted by atomic mass is 16.5. The topological polar surface area (TPSA) is 95.9 Å². The van der Waals surface area contributed by atoms with Crippen LogP contribution in [0.15, 0.2) is 0 Å². The summed E-state index contributed by atoms with van der Waals surface area (Å²) >= 11 is 0. The van der Waals surface area contributed by atoms with Crippen molar-refractivity contribution in [1.82, 2.24) is 5.32 Å². The summed E-state index contributed by atoms with van der Waals surface area (Å²) in [5.74, 6) is -0.0498. The lowest BCUT2D eigenvalue weighted by Crippen LogP contribution is -2.45. The van der Waals surface area contributed by atoms with Crippen molar-refractivity contribution in [3.8, 4) is 0 Å². The quantitative estimate of drug-likeness (QED) is 0.0420. The number of rotatable bonds is 48. The maximum absolute atomic E-state index is 12.4. The second-order valence-electron chi connectivity index (χ2n) is 17.9. The number of aliphatic hydroxyl groups excluding tert-OH is 2. The number of hydrogen-bond acceptors (Lipinski definition) is 5. The molecule has 0 aromatic heterocycles. The summed E-state index contributed by atoms with van der Waals surface area (Å²) in [6, 6.07) is -0.547. The monoisotopic (exact) mass is 808 g/mol. The summed E-state index contributed by atoms with van der Waals surface area (Å²) in [6.45, 7) is 4.92. The molecule has 0 bridgehead atoms. The number of hydrogen-bond donors (Lipinski definition) is 3. The molecule has 6 nitrogen and oxygen atoms in total. The van der Waals surface area contributed by atoms with E-state index in [1.54, 1.807) is 0 Å². The molecule has 0 spiro atoms. The maximum Gasteiger partial charge on any atom is 0.305 e. The molecule has 0 saturated heterocycles. The highest BCUT2D eigenvalue weighted by molar-refractivity contribution is 5.76. The van der Waals surface area contributed by atoms with Gasteiger partial charge in [0.1, 0.15) is 0 Å². The predicted octanol–water partition coefficient (Wildman–Crippen LogP) is 15.2. The average Bonchev–Trinajstić information content (AvgIpc) is 3.21. The number of carbonyl (C=O) groups excluding carboxylic acids is 2. The van der Waals surface area contributed by atoms with Crippen LogP contribution in [0.1, 0.15) is 290 Å². The van der Waals surface area contributed by atoms with E-state index in [1.807, 2.05) is 0 Å². The highest BCUT2D eigenvalue weighted by Crippen LogP contribution is 2.17. The van der Waals surface area contributed by atoms with Crippen LogP contribution in [0.25, 0.3) is 0 Å². The smallest absolute Gasteiger partial charge is 0.305 e. The largest absolute Gasteiger partial charge is 0.466 e. The molecule has 57 heavy (non-hydrogen) atoms. The fourth-order valence-electron chi connectivity index (χ4n) is 8.17. The molecule has 3 N–H and O–H groups in total. The third-order valence-corrected chi connectivity index (χ3v) is 12.2. The van der Waals surface area contributed by atoms with Crippen LogP contribution in [0.4, 0.5) is 0 Å². The van der Waals surface area contributed by atoms with Gasteiger partial charge in [0.15, 0.2) is 0 Å². The van der Waals surface area contributed by atoms with Crippen molar-refractivity contribution < 1.29 is 24.5 Å². The molecule has 6 heteroatoms. The molecule has 0 radical (unpaired) electrons. The van der Waals surface area contributed by atoms with Crippen molar-refractivity contribution in [2.45, 2.75) is 302 Å². The van der Waals surface area contributed by atoms with E-state index in [1.165, 1.54) is 205 Å². The lowest BCUT2D eigenvalue weighted by Gasteiger charge is -2.22. The van der Waals surface area contributed by atoms with E-state index in [2.05, 4.69) is 19.2 Å². The molecule has 0 aromatic rings. The zero-order valence-corrected chi connectivity index (χ0v) is 38.6. The second kappa shape index (κ2) is 47.5. The van der Waals surface area contributed by atoms with Gasteiger partial charge in [-0.25, -0.2) is 0 Å². The van der Waals surface area contributed by atoms with Crippen LogP contribution in [0.2, 0.25) is 0 Å². The molecular formula is C51H101NO5. The molecule has 0 rings (SSSR count). The molecule has 1 amide bonds. The summed E-state index contributed by atoms with van der Waals surface area (Å²) in [5.41, 5.74) is 0. The number of unbranched alkanes of at least 4 members (excludes halogenated alkanes) is 37. The van der Waals surface area contributed by atoms with Crippen LogP contribution >= 0.6 is 0 Å².